The van der Waals surface area contributed by atoms with Crippen molar-refractivity contribution in [2.75, 3.05) is 25.6 Å². The summed E-state index contributed by atoms with van der Waals surface area (Å²) < 4.78 is 6.85. The summed E-state index contributed by atoms with van der Waals surface area (Å²) >= 11 is 1.36. The number of thiophene rings is 1. The average molecular weight is 398 g/mol. The van der Waals surface area contributed by atoms with Crippen molar-refractivity contribution in [2.24, 2.45) is 0 Å². The standard InChI is InChI=1S/C21H23N3O3S/c1-15-5-3-6-16(13-15)14-24-10-8-17(19(24)21(26)22-9-11-27-2)23-20(25)18-7-4-12-28-18/h3-8,10,12-13H,9,11,14H2,1-2H3,(H,22,26)(H,23,25). The van der Waals surface area contributed by atoms with Crippen molar-refractivity contribution in [1.82, 2.24) is 9.88 Å². The predicted octanol–water partition coefficient (Wildman–Crippen LogP) is 3.53. The Kier molecular flexibility index (Phi) is 6.62. The maximum atomic E-state index is 12.8. The maximum Gasteiger partial charge on any atom is 0.270 e. The number of aromatic nitrogens is 1. The van der Waals surface area contributed by atoms with Gasteiger partial charge in [0.2, 0.25) is 0 Å². The highest BCUT2D eigenvalue weighted by Gasteiger charge is 2.20. The molecule has 0 unspecified atom stereocenters. The van der Waals surface area contributed by atoms with Crippen LogP contribution in [0.1, 0.15) is 31.3 Å². The first-order chi connectivity index (χ1) is 13.6. The number of nitrogens with one attached hydrogen (secondary N) is 2. The van der Waals surface area contributed by atoms with Gasteiger partial charge in [0.1, 0.15) is 5.69 Å². The molecule has 0 aliphatic rings. The third kappa shape index (κ3) is 4.88. The Morgan fingerprint density at radius 2 is 2.00 bits per heavy atom. The summed E-state index contributed by atoms with van der Waals surface area (Å²) in [5.41, 5.74) is 3.14. The molecule has 28 heavy (non-hydrogen) atoms. The Labute approximate surface area is 168 Å². The lowest BCUT2D eigenvalue weighted by Gasteiger charge is -2.13. The topological polar surface area (TPSA) is 72.4 Å². The molecule has 0 fully saturated rings. The zero-order chi connectivity index (χ0) is 19.9. The molecule has 146 valence electrons. The minimum absolute atomic E-state index is 0.228. The van der Waals surface area contributed by atoms with Gasteiger partial charge in [-0.2, -0.15) is 0 Å². The van der Waals surface area contributed by atoms with Gasteiger partial charge in [0.25, 0.3) is 11.8 Å². The first-order valence-electron chi connectivity index (χ1n) is 8.95. The minimum atomic E-state index is -0.254. The van der Waals surface area contributed by atoms with Gasteiger partial charge in [-0.15, -0.1) is 11.3 Å². The Morgan fingerprint density at radius 3 is 2.71 bits per heavy atom. The summed E-state index contributed by atoms with van der Waals surface area (Å²) in [6.45, 7) is 3.37. The Balaban J connectivity index is 1.87. The van der Waals surface area contributed by atoms with Crippen molar-refractivity contribution >= 4 is 28.8 Å². The SMILES string of the molecule is COCCNC(=O)c1c(NC(=O)c2cccs2)ccn1Cc1cccc(C)c1. The van der Waals surface area contributed by atoms with Gasteiger partial charge in [-0.25, -0.2) is 0 Å². The van der Waals surface area contributed by atoms with Crippen molar-refractivity contribution in [3.63, 3.8) is 0 Å². The second-order valence-corrected chi connectivity index (χ2v) is 7.32. The number of hydrogen-bond donors (Lipinski definition) is 2. The highest BCUT2D eigenvalue weighted by molar-refractivity contribution is 7.12. The summed E-state index contributed by atoms with van der Waals surface area (Å²) in [5.74, 6) is -0.481. The number of rotatable bonds is 8. The number of benzene rings is 1. The molecule has 2 amide bonds. The van der Waals surface area contributed by atoms with E-state index in [4.69, 9.17) is 4.74 Å². The fourth-order valence-corrected chi connectivity index (χ4v) is 3.53. The van der Waals surface area contributed by atoms with Crippen LogP contribution in [0.3, 0.4) is 0 Å². The van der Waals surface area contributed by atoms with Gasteiger partial charge >= 0.3 is 0 Å². The molecule has 7 heteroatoms. The molecule has 0 atom stereocenters. The van der Waals surface area contributed by atoms with E-state index in [-0.39, 0.29) is 11.8 Å². The summed E-state index contributed by atoms with van der Waals surface area (Å²) in [6.07, 6.45) is 1.82. The van der Waals surface area contributed by atoms with Crippen LogP contribution >= 0.6 is 11.3 Å². The number of carbonyl (C=O) groups excluding carboxylic acids is 2. The first kappa shape index (κ1) is 19.9. The molecule has 0 bridgehead atoms. The van der Waals surface area contributed by atoms with Crippen LogP contribution in [0, 0.1) is 6.92 Å². The van der Waals surface area contributed by atoms with Crippen molar-refractivity contribution in [3.8, 4) is 0 Å². The van der Waals surface area contributed by atoms with Crippen molar-refractivity contribution < 1.29 is 14.3 Å². The molecule has 0 saturated heterocycles. The Hall–Kier alpha value is -2.90. The van der Waals surface area contributed by atoms with Gasteiger partial charge in [0.15, 0.2) is 0 Å². The van der Waals surface area contributed by atoms with E-state index in [2.05, 4.69) is 16.7 Å². The number of anilines is 1. The fraction of sp³-hybridized carbons (Fsp3) is 0.238. The third-order valence-electron chi connectivity index (χ3n) is 4.20. The molecule has 6 nitrogen and oxygen atoms in total. The molecule has 0 aliphatic heterocycles. The highest BCUT2D eigenvalue weighted by Crippen LogP contribution is 2.21. The highest BCUT2D eigenvalue weighted by atomic mass is 32.1. The van der Waals surface area contributed by atoms with E-state index in [0.29, 0.717) is 36.0 Å². The summed E-state index contributed by atoms with van der Waals surface area (Å²) in [4.78, 5) is 25.9. The lowest BCUT2D eigenvalue weighted by Crippen LogP contribution is -2.30. The van der Waals surface area contributed by atoms with Gasteiger partial charge in [-0.05, 0) is 30.0 Å². The van der Waals surface area contributed by atoms with Crippen LogP contribution < -0.4 is 10.6 Å². The molecule has 3 rings (SSSR count). The molecule has 3 aromatic rings. The number of nitrogens with zero attached hydrogens (tertiary/aromatic N) is 1. The maximum absolute atomic E-state index is 12.8. The quantitative estimate of drug-likeness (QED) is 0.571. The molecule has 0 spiro atoms. The monoisotopic (exact) mass is 397 g/mol. The Bertz CT molecular complexity index is 948. The molecular formula is C21H23N3O3S. The second-order valence-electron chi connectivity index (χ2n) is 6.38. The van der Waals surface area contributed by atoms with Crippen molar-refractivity contribution in [2.45, 2.75) is 13.5 Å². The van der Waals surface area contributed by atoms with Crippen LogP contribution in [0.25, 0.3) is 0 Å². The number of amides is 2. The zero-order valence-corrected chi connectivity index (χ0v) is 16.7. The number of methoxy groups -OCH3 is 1. The van der Waals surface area contributed by atoms with Crippen LogP contribution in [0.5, 0.6) is 0 Å². The molecule has 0 aliphatic carbocycles. The largest absolute Gasteiger partial charge is 0.383 e. The van der Waals surface area contributed by atoms with Crippen LogP contribution in [0.2, 0.25) is 0 Å². The Morgan fingerprint density at radius 1 is 1.14 bits per heavy atom. The summed E-state index contributed by atoms with van der Waals surface area (Å²) in [6, 6.07) is 13.5. The lowest BCUT2D eigenvalue weighted by atomic mass is 10.1. The average Bonchev–Trinajstić information content (AvgIpc) is 3.32. The minimum Gasteiger partial charge on any atom is -0.383 e. The normalized spacial score (nSPS) is 10.6. The van der Waals surface area contributed by atoms with Gasteiger partial charge in [-0.1, -0.05) is 35.9 Å². The molecular weight excluding hydrogens is 374 g/mol. The van der Waals surface area contributed by atoms with Gasteiger partial charge in [-0.3, -0.25) is 9.59 Å². The lowest BCUT2D eigenvalue weighted by molar-refractivity contribution is 0.0929. The molecule has 0 saturated carbocycles. The number of hydrogen-bond acceptors (Lipinski definition) is 4. The second kappa shape index (κ2) is 9.34. The number of aryl methyl sites for hydroxylation is 1. The van der Waals surface area contributed by atoms with E-state index in [1.807, 2.05) is 47.3 Å². The third-order valence-corrected chi connectivity index (χ3v) is 5.07. The molecule has 2 N–H and O–H groups in total. The van der Waals surface area contributed by atoms with Gasteiger partial charge in [0.05, 0.1) is 17.2 Å². The van der Waals surface area contributed by atoms with Gasteiger partial charge < -0.3 is 19.9 Å². The number of ether oxygens (including phenoxy) is 1. The summed E-state index contributed by atoms with van der Waals surface area (Å²) in [7, 11) is 1.58. The van der Waals surface area contributed by atoms with E-state index < -0.39 is 0 Å². The van der Waals surface area contributed by atoms with Crippen LogP contribution in [0.4, 0.5) is 5.69 Å². The van der Waals surface area contributed by atoms with Crippen molar-refractivity contribution in [1.29, 1.82) is 0 Å². The van der Waals surface area contributed by atoms with Crippen molar-refractivity contribution in [3.05, 3.63) is 75.7 Å². The number of carbonyl (C=O) groups is 2. The van der Waals surface area contributed by atoms with Gasteiger partial charge in [0, 0.05) is 26.4 Å². The van der Waals surface area contributed by atoms with E-state index in [0.717, 1.165) is 11.1 Å². The van der Waals surface area contributed by atoms with Crippen LogP contribution in [-0.4, -0.2) is 36.6 Å². The molecule has 0 radical (unpaired) electrons. The summed E-state index contributed by atoms with van der Waals surface area (Å²) in [5, 5.41) is 7.54. The smallest absolute Gasteiger partial charge is 0.270 e. The molecule has 2 aromatic heterocycles. The fourth-order valence-electron chi connectivity index (χ4n) is 2.91. The van der Waals surface area contributed by atoms with E-state index in [9.17, 15) is 9.59 Å². The predicted molar refractivity (Wildman–Crippen MR) is 111 cm³/mol. The van der Waals surface area contributed by atoms with Crippen LogP contribution in [-0.2, 0) is 11.3 Å². The molecule has 1 aromatic carbocycles. The van der Waals surface area contributed by atoms with E-state index >= 15 is 0 Å². The van der Waals surface area contributed by atoms with E-state index in [1.54, 1.807) is 19.2 Å². The van der Waals surface area contributed by atoms with E-state index in [1.165, 1.54) is 11.3 Å². The first-order valence-corrected chi connectivity index (χ1v) is 9.83. The molecule has 2 heterocycles. The van der Waals surface area contributed by atoms with Crippen LogP contribution in [0.15, 0.2) is 54.0 Å². The zero-order valence-electron chi connectivity index (χ0n) is 15.9.